The third kappa shape index (κ3) is 2.79. The van der Waals surface area contributed by atoms with Crippen LogP contribution in [0.25, 0.3) is 27.4 Å². The van der Waals surface area contributed by atoms with Crippen LogP contribution in [-0.4, -0.2) is 30.6 Å². The second kappa shape index (κ2) is 6.14. The lowest BCUT2D eigenvalue weighted by molar-refractivity contribution is -0.117. The van der Waals surface area contributed by atoms with Crippen LogP contribution in [0.3, 0.4) is 0 Å². The Labute approximate surface area is 161 Å². The summed E-state index contributed by atoms with van der Waals surface area (Å²) in [4.78, 5) is 20.5. The van der Waals surface area contributed by atoms with Crippen molar-refractivity contribution in [2.75, 3.05) is 5.32 Å². The van der Waals surface area contributed by atoms with E-state index in [4.69, 9.17) is 11.6 Å². The Kier molecular flexibility index (Phi) is 3.73. The number of fused-ring (bicyclic) bond motifs is 1. The van der Waals surface area contributed by atoms with Crippen molar-refractivity contribution in [1.29, 1.82) is 0 Å². The first-order chi connectivity index (χ1) is 13.1. The molecule has 0 aliphatic heterocycles. The number of H-pyrrole nitrogens is 1. The summed E-state index contributed by atoms with van der Waals surface area (Å²) in [7, 11) is 0. The van der Waals surface area contributed by atoms with Gasteiger partial charge in [0.25, 0.3) is 0 Å². The number of benzene rings is 1. The summed E-state index contributed by atoms with van der Waals surface area (Å²) in [6.07, 6.45) is 4.91. The van der Waals surface area contributed by atoms with E-state index in [1.54, 1.807) is 16.7 Å². The molecule has 1 aliphatic carbocycles. The predicted octanol–water partition coefficient (Wildman–Crippen LogP) is 4.01. The van der Waals surface area contributed by atoms with Crippen LogP contribution in [0, 0.1) is 11.7 Å². The highest BCUT2D eigenvalue weighted by atomic mass is 35.5. The number of thiazole rings is 1. The molecule has 1 saturated carbocycles. The molecule has 7 nitrogen and oxygen atoms in total. The Bertz CT molecular complexity index is 1160. The number of halogens is 2. The Balaban J connectivity index is 1.58. The van der Waals surface area contributed by atoms with Crippen molar-refractivity contribution in [1.82, 2.24) is 24.7 Å². The minimum Gasteiger partial charge on any atom is -0.302 e. The zero-order valence-electron chi connectivity index (χ0n) is 13.7. The van der Waals surface area contributed by atoms with Crippen LogP contribution in [0.15, 0.2) is 30.7 Å². The van der Waals surface area contributed by atoms with Gasteiger partial charge in [0.15, 0.2) is 16.6 Å². The van der Waals surface area contributed by atoms with Crippen LogP contribution in [0.5, 0.6) is 0 Å². The molecule has 0 bridgehead atoms. The number of nitrogens with one attached hydrogen (secondary N) is 2. The van der Waals surface area contributed by atoms with Gasteiger partial charge in [-0.15, -0.1) is 0 Å². The number of aromatic amines is 1. The summed E-state index contributed by atoms with van der Waals surface area (Å²) >= 11 is 7.51. The summed E-state index contributed by atoms with van der Waals surface area (Å²) in [5.74, 6) is 0.148. The van der Waals surface area contributed by atoms with E-state index in [1.807, 2.05) is 0 Å². The molecule has 1 fully saturated rings. The van der Waals surface area contributed by atoms with Gasteiger partial charge >= 0.3 is 0 Å². The summed E-state index contributed by atoms with van der Waals surface area (Å²) in [6.45, 7) is 0. The molecule has 1 aliphatic rings. The third-order valence-corrected chi connectivity index (χ3v) is 5.64. The average molecular weight is 403 g/mol. The Morgan fingerprint density at radius 2 is 2.26 bits per heavy atom. The number of hydrogen-bond donors (Lipinski definition) is 2. The highest BCUT2D eigenvalue weighted by molar-refractivity contribution is 7.22. The van der Waals surface area contributed by atoms with Crippen LogP contribution in [0.2, 0.25) is 5.02 Å². The molecule has 5 rings (SSSR count). The van der Waals surface area contributed by atoms with Gasteiger partial charge in [0.05, 0.1) is 22.5 Å². The van der Waals surface area contributed by atoms with E-state index >= 15 is 0 Å². The minimum absolute atomic E-state index is 0.0117. The summed E-state index contributed by atoms with van der Waals surface area (Å²) in [6, 6.07) is 4.51. The average Bonchev–Trinajstić information content (AvgIpc) is 3.08. The molecule has 136 valence electrons. The molecular weight excluding hydrogens is 391 g/mol. The molecule has 1 aromatic carbocycles. The largest absolute Gasteiger partial charge is 0.302 e. The van der Waals surface area contributed by atoms with Crippen LogP contribution in [0.1, 0.15) is 12.8 Å². The highest BCUT2D eigenvalue weighted by Gasteiger charge is 2.30. The number of imidazole rings is 1. The topological polar surface area (TPSA) is 88.5 Å². The summed E-state index contributed by atoms with van der Waals surface area (Å²) < 4.78 is 16.7. The van der Waals surface area contributed by atoms with E-state index in [0.717, 1.165) is 17.5 Å². The van der Waals surface area contributed by atoms with Gasteiger partial charge in [-0.05, 0) is 25.0 Å². The molecule has 0 saturated heterocycles. The van der Waals surface area contributed by atoms with E-state index in [2.05, 4.69) is 25.5 Å². The minimum atomic E-state index is -0.447. The maximum absolute atomic E-state index is 14.4. The van der Waals surface area contributed by atoms with Crippen molar-refractivity contribution in [3.63, 3.8) is 0 Å². The monoisotopic (exact) mass is 402 g/mol. The Hall–Kier alpha value is -2.78. The molecule has 2 N–H and O–H groups in total. The fraction of sp³-hybridized carbons (Fsp3) is 0.176. The molecule has 0 atom stereocenters. The van der Waals surface area contributed by atoms with Gasteiger partial charge < -0.3 is 5.32 Å². The van der Waals surface area contributed by atoms with Crippen LogP contribution in [-0.2, 0) is 4.79 Å². The zero-order chi connectivity index (χ0) is 18.5. The van der Waals surface area contributed by atoms with Gasteiger partial charge in [0.2, 0.25) is 5.91 Å². The van der Waals surface area contributed by atoms with Gasteiger partial charge in [0, 0.05) is 5.92 Å². The standard InChI is InChI=1S/C17H12ClFN6OS/c18-9-2-1-3-10(19)12(9)11-6-20-7-25(11)15-13-14(23-24-15)21-17(27-13)22-16(26)8-4-5-8/h1-3,6-8H,4-5H2,(H2,21,22,23,24,26). The quantitative estimate of drug-likeness (QED) is 0.539. The number of carbonyl (C=O) groups is 1. The molecule has 4 aromatic rings. The van der Waals surface area contributed by atoms with Gasteiger partial charge in [-0.2, -0.15) is 5.10 Å². The second-order valence-corrected chi connectivity index (χ2v) is 7.66. The molecule has 10 heteroatoms. The SMILES string of the molecule is O=C(Nc1nc2[nH]nc(-n3cncc3-c3c(F)cccc3Cl)c2s1)C1CC1. The first kappa shape index (κ1) is 16.4. The van der Waals surface area contributed by atoms with Gasteiger partial charge in [-0.3, -0.25) is 14.5 Å². The van der Waals surface area contributed by atoms with Crippen LogP contribution >= 0.6 is 22.9 Å². The maximum Gasteiger partial charge on any atom is 0.229 e. The number of nitrogens with zero attached hydrogens (tertiary/aromatic N) is 4. The van der Waals surface area contributed by atoms with Crippen molar-refractivity contribution in [2.24, 2.45) is 5.92 Å². The lowest BCUT2D eigenvalue weighted by atomic mass is 10.1. The molecular formula is C17H12ClFN6OS. The maximum atomic E-state index is 14.4. The van der Waals surface area contributed by atoms with Gasteiger partial charge in [0.1, 0.15) is 16.8 Å². The lowest BCUT2D eigenvalue weighted by Crippen LogP contribution is -2.12. The highest BCUT2D eigenvalue weighted by Crippen LogP contribution is 2.36. The number of anilines is 1. The number of amides is 1. The molecule has 27 heavy (non-hydrogen) atoms. The number of aromatic nitrogens is 5. The molecule has 0 unspecified atom stereocenters. The van der Waals surface area contributed by atoms with Gasteiger partial charge in [-0.25, -0.2) is 14.4 Å². The predicted molar refractivity (Wildman–Crippen MR) is 101 cm³/mol. The Morgan fingerprint density at radius 3 is 3.04 bits per heavy atom. The fourth-order valence-corrected chi connectivity index (χ4v) is 4.03. The molecule has 1 amide bonds. The van der Waals surface area contributed by atoms with Crippen molar-refractivity contribution in [3.05, 3.63) is 41.6 Å². The van der Waals surface area contributed by atoms with E-state index in [1.165, 1.54) is 29.9 Å². The van der Waals surface area contributed by atoms with E-state index < -0.39 is 5.82 Å². The smallest absolute Gasteiger partial charge is 0.229 e. The van der Waals surface area contributed by atoms with Crippen LogP contribution in [0.4, 0.5) is 9.52 Å². The first-order valence-corrected chi connectivity index (χ1v) is 9.44. The number of carbonyl (C=O) groups excluding carboxylic acids is 1. The molecule has 0 spiro atoms. The fourth-order valence-electron chi connectivity index (χ4n) is 2.87. The van der Waals surface area contributed by atoms with E-state index in [-0.39, 0.29) is 22.4 Å². The van der Waals surface area contributed by atoms with E-state index in [0.29, 0.717) is 22.3 Å². The molecule has 3 aromatic heterocycles. The van der Waals surface area contributed by atoms with Crippen molar-refractivity contribution in [2.45, 2.75) is 12.8 Å². The first-order valence-electron chi connectivity index (χ1n) is 8.24. The number of hydrogen-bond acceptors (Lipinski definition) is 5. The van der Waals surface area contributed by atoms with Crippen molar-refractivity contribution >= 4 is 44.3 Å². The third-order valence-electron chi connectivity index (χ3n) is 4.36. The van der Waals surface area contributed by atoms with Crippen LogP contribution < -0.4 is 5.32 Å². The van der Waals surface area contributed by atoms with Crippen molar-refractivity contribution < 1.29 is 9.18 Å². The van der Waals surface area contributed by atoms with Gasteiger partial charge in [-0.1, -0.05) is 29.0 Å². The molecule has 0 radical (unpaired) electrons. The van der Waals surface area contributed by atoms with E-state index in [9.17, 15) is 9.18 Å². The molecule has 3 heterocycles. The number of rotatable bonds is 4. The Morgan fingerprint density at radius 1 is 1.41 bits per heavy atom. The normalized spacial score (nSPS) is 14.0. The summed E-state index contributed by atoms with van der Waals surface area (Å²) in [5.41, 5.74) is 1.27. The second-order valence-electron chi connectivity index (χ2n) is 6.25. The zero-order valence-corrected chi connectivity index (χ0v) is 15.3. The summed E-state index contributed by atoms with van der Waals surface area (Å²) in [5, 5.41) is 10.7. The lowest BCUT2D eigenvalue weighted by Gasteiger charge is -2.08. The van der Waals surface area contributed by atoms with Crippen molar-refractivity contribution in [3.8, 4) is 17.1 Å².